The van der Waals surface area contributed by atoms with E-state index in [-0.39, 0.29) is 11.3 Å². The van der Waals surface area contributed by atoms with E-state index >= 15 is 0 Å². The number of anilines is 1. The van der Waals surface area contributed by atoms with Crippen molar-refractivity contribution in [3.8, 4) is 0 Å². The first kappa shape index (κ1) is 13.7. The molecule has 7 heteroatoms. The summed E-state index contributed by atoms with van der Waals surface area (Å²) in [5.74, 6) is 1.29. The van der Waals surface area contributed by atoms with Gasteiger partial charge in [0.2, 0.25) is 11.0 Å². The van der Waals surface area contributed by atoms with Crippen molar-refractivity contribution in [3.05, 3.63) is 23.4 Å². The fraction of sp³-hybridized carbons (Fsp3) is 0.500. The molecule has 19 heavy (non-hydrogen) atoms. The Labute approximate surface area is 115 Å². The molecule has 0 bridgehead atoms. The highest BCUT2D eigenvalue weighted by molar-refractivity contribution is 7.13. The van der Waals surface area contributed by atoms with Crippen molar-refractivity contribution in [2.75, 3.05) is 5.32 Å². The number of amides is 1. The molecule has 2 heterocycles. The van der Waals surface area contributed by atoms with Crippen molar-refractivity contribution in [2.24, 2.45) is 0 Å². The van der Waals surface area contributed by atoms with Gasteiger partial charge < -0.3 is 9.73 Å². The van der Waals surface area contributed by atoms with E-state index in [0.717, 1.165) is 5.76 Å². The van der Waals surface area contributed by atoms with E-state index in [1.54, 1.807) is 11.7 Å². The Morgan fingerprint density at radius 3 is 2.84 bits per heavy atom. The number of aromatic nitrogens is 3. The molecule has 0 unspecified atom stereocenters. The summed E-state index contributed by atoms with van der Waals surface area (Å²) in [5.41, 5.74) is 1.50. The molecule has 2 rings (SSSR count). The number of oxazole rings is 1. The zero-order valence-electron chi connectivity index (χ0n) is 11.1. The molecular formula is C12H16N4O2S. The molecule has 0 fully saturated rings. The van der Waals surface area contributed by atoms with Crippen LogP contribution in [-0.2, 0) is 16.6 Å². The number of carbonyl (C=O) groups excluding carboxylic acids is 1. The largest absolute Gasteiger partial charge is 0.445 e. The lowest BCUT2D eigenvalue weighted by Gasteiger charge is -2.13. The molecule has 0 atom stereocenters. The molecule has 0 saturated carbocycles. The summed E-state index contributed by atoms with van der Waals surface area (Å²) in [6.45, 7) is 6.17. The molecule has 102 valence electrons. The van der Waals surface area contributed by atoms with Gasteiger partial charge in [0.1, 0.15) is 11.3 Å². The van der Waals surface area contributed by atoms with Gasteiger partial charge in [-0.3, -0.25) is 4.79 Å². The van der Waals surface area contributed by atoms with Gasteiger partial charge in [0.05, 0.1) is 6.20 Å². The molecular weight excluding hydrogens is 264 g/mol. The minimum atomic E-state index is -0.118. The average molecular weight is 280 g/mol. The third-order valence-electron chi connectivity index (χ3n) is 2.47. The molecule has 0 aliphatic carbocycles. The van der Waals surface area contributed by atoms with E-state index in [1.165, 1.54) is 11.3 Å². The van der Waals surface area contributed by atoms with E-state index < -0.39 is 0 Å². The maximum atomic E-state index is 11.6. The Kier molecular flexibility index (Phi) is 3.94. The van der Waals surface area contributed by atoms with Gasteiger partial charge in [0.25, 0.3) is 0 Å². The average Bonchev–Trinajstić information content (AvgIpc) is 2.95. The van der Waals surface area contributed by atoms with Crippen LogP contribution in [0, 0.1) is 0 Å². The Balaban J connectivity index is 1.85. The van der Waals surface area contributed by atoms with E-state index in [4.69, 9.17) is 4.42 Å². The lowest BCUT2D eigenvalue weighted by molar-refractivity contribution is -0.116. The maximum absolute atomic E-state index is 11.6. The second kappa shape index (κ2) is 5.48. The maximum Gasteiger partial charge on any atom is 0.226 e. The van der Waals surface area contributed by atoms with Crippen LogP contribution in [0.5, 0.6) is 0 Å². The molecule has 2 aromatic rings. The molecule has 2 aromatic heterocycles. The molecule has 0 saturated heterocycles. The number of nitrogens with zero attached hydrogens (tertiary/aromatic N) is 3. The van der Waals surface area contributed by atoms with Crippen LogP contribution in [0.4, 0.5) is 5.13 Å². The van der Waals surface area contributed by atoms with Crippen molar-refractivity contribution in [2.45, 2.75) is 39.0 Å². The predicted octanol–water partition coefficient (Wildman–Crippen LogP) is 2.39. The van der Waals surface area contributed by atoms with Gasteiger partial charge in [-0.2, -0.15) is 0 Å². The highest BCUT2D eigenvalue weighted by Gasteiger charge is 2.19. The monoisotopic (exact) mass is 280 g/mol. The lowest BCUT2D eigenvalue weighted by atomic mass is 9.94. The lowest BCUT2D eigenvalue weighted by Crippen LogP contribution is -2.12. The highest BCUT2D eigenvalue weighted by Crippen LogP contribution is 2.23. The number of nitrogens with one attached hydrogen (secondary N) is 1. The summed E-state index contributed by atoms with van der Waals surface area (Å²) in [4.78, 5) is 15.8. The van der Waals surface area contributed by atoms with Gasteiger partial charge >= 0.3 is 0 Å². The number of hydrogen-bond donors (Lipinski definition) is 1. The van der Waals surface area contributed by atoms with E-state index in [9.17, 15) is 4.79 Å². The molecule has 0 aliphatic heterocycles. The third-order valence-corrected chi connectivity index (χ3v) is 3.07. The Bertz CT molecular complexity index is 542. The summed E-state index contributed by atoms with van der Waals surface area (Å²) < 4.78 is 5.62. The Hall–Kier alpha value is -1.76. The zero-order chi connectivity index (χ0) is 13.9. The second-order valence-electron chi connectivity index (χ2n) is 5.16. The molecule has 0 aromatic carbocycles. The molecule has 1 N–H and O–H groups in total. The Morgan fingerprint density at radius 1 is 1.47 bits per heavy atom. The van der Waals surface area contributed by atoms with E-state index in [2.05, 4.69) is 41.3 Å². The predicted molar refractivity (Wildman–Crippen MR) is 72.1 cm³/mol. The minimum Gasteiger partial charge on any atom is -0.445 e. The normalized spacial score (nSPS) is 11.5. The molecule has 6 nitrogen and oxygen atoms in total. The topological polar surface area (TPSA) is 80.9 Å². The molecule has 0 spiro atoms. The number of rotatable bonds is 4. The first-order valence-electron chi connectivity index (χ1n) is 5.96. The summed E-state index contributed by atoms with van der Waals surface area (Å²) in [5, 5.41) is 10.6. The van der Waals surface area contributed by atoms with E-state index in [1.807, 2.05) is 0 Å². The number of aryl methyl sites for hydroxylation is 1. The van der Waals surface area contributed by atoms with Gasteiger partial charge in [-0.1, -0.05) is 32.1 Å². The fourth-order valence-corrected chi connectivity index (χ4v) is 1.86. The smallest absolute Gasteiger partial charge is 0.226 e. The van der Waals surface area contributed by atoms with Crippen LogP contribution in [0.2, 0.25) is 0 Å². The zero-order valence-corrected chi connectivity index (χ0v) is 12.0. The standard InChI is InChI=1S/C12H16N4O2S/c1-12(2,3)8-6-13-10(18-8)5-4-9(17)15-11-16-14-7-19-11/h6-7H,4-5H2,1-3H3,(H,15,16,17). The summed E-state index contributed by atoms with van der Waals surface area (Å²) >= 11 is 1.29. The number of hydrogen-bond acceptors (Lipinski definition) is 6. The van der Waals surface area contributed by atoms with Crippen LogP contribution in [0.25, 0.3) is 0 Å². The van der Waals surface area contributed by atoms with E-state index in [0.29, 0.717) is 23.9 Å². The summed E-state index contributed by atoms with van der Waals surface area (Å²) in [6.07, 6.45) is 2.50. The van der Waals surface area contributed by atoms with Gasteiger partial charge in [-0.05, 0) is 0 Å². The fourth-order valence-electron chi connectivity index (χ4n) is 1.40. The molecule has 0 aliphatic rings. The quantitative estimate of drug-likeness (QED) is 0.930. The van der Waals surface area contributed by atoms with Crippen molar-refractivity contribution < 1.29 is 9.21 Å². The van der Waals surface area contributed by atoms with Crippen LogP contribution >= 0.6 is 11.3 Å². The van der Waals surface area contributed by atoms with Crippen LogP contribution in [0.1, 0.15) is 38.8 Å². The second-order valence-corrected chi connectivity index (χ2v) is 5.99. The number of carbonyl (C=O) groups is 1. The minimum absolute atomic E-state index is 0.0694. The summed E-state index contributed by atoms with van der Waals surface area (Å²) in [6, 6.07) is 0. The Morgan fingerprint density at radius 2 is 2.26 bits per heavy atom. The van der Waals surface area contributed by atoms with Gasteiger partial charge in [-0.25, -0.2) is 4.98 Å². The van der Waals surface area contributed by atoms with Crippen LogP contribution in [0.3, 0.4) is 0 Å². The van der Waals surface area contributed by atoms with Crippen LogP contribution in [0.15, 0.2) is 16.1 Å². The first-order valence-corrected chi connectivity index (χ1v) is 6.84. The van der Waals surface area contributed by atoms with Gasteiger partial charge in [-0.15, -0.1) is 10.2 Å². The van der Waals surface area contributed by atoms with Crippen molar-refractivity contribution in [1.82, 2.24) is 15.2 Å². The van der Waals surface area contributed by atoms with Gasteiger partial charge in [0.15, 0.2) is 5.89 Å². The highest BCUT2D eigenvalue weighted by atomic mass is 32.1. The molecule has 0 radical (unpaired) electrons. The van der Waals surface area contributed by atoms with Crippen molar-refractivity contribution in [1.29, 1.82) is 0 Å². The third kappa shape index (κ3) is 3.85. The SMILES string of the molecule is CC(C)(C)c1cnc(CCC(=O)Nc2nncs2)o1. The first-order chi connectivity index (χ1) is 8.95. The van der Waals surface area contributed by atoms with Crippen molar-refractivity contribution in [3.63, 3.8) is 0 Å². The summed E-state index contributed by atoms with van der Waals surface area (Å²) in [7, 11) is 0. The molecule has 1 amide bonds. The van der Waals surface area contributed by atoms with Gasteiger partial charge in [0, 0.05) is 18.3 Å². The van der Waals surface area contributed by atoms with Crippen LogP contribution in [-0.4, -0.2) is 21.1 Å². The van der Waals surface area contributed by atoms with Crippen LogP contribution < -0.4 is 5.32 Å². The van der Waals surface area contributed by atoms with Crippen molar-refractivity contribution >= 4 is 22.4 Å².